The first-order chi connectivity index (χ1) is 5.16. The van der Waals surface area contributed by atoms with Crippen molar-refractivity contribution in [3.8, 4) is 0 Å². The second-order valence-electron chi connectivity index (χ2n) is 1.76. The zero-order valence-corrected chi connectivity index (χ0v) is 5.69. The molecule has 5 nitrogen and oxygen atoms in total. The molecule has 1 amide bonds. The van der Waals surface area contributed by atoms with E-state index in [0.29, 0.717) is 0 Å². The van der Waals surface area contributed by atoms with E-state index >= 15 is 0 Å². The topological polar surface area (TPSA) is 83.8 Å². The molecule has 0 aliphatic carbocycles. The number of amides is 1. The number of carbonyl (C=O) groups excluding carboxylic acids is 1. The van der Waals surface area contributed by atoms with Gasteiger partial charge in [-0.05, 0) is 0 Å². The largest absolute Gasteiger partial charge is 0.481 e. The van der Waals surface area contributed by atoms with E-state index in [9.17, 15) is 14.5 Å². The molecule has 0 aromatic carbocycles. The number of nitroso groups, excluding NO2 is 1. The third kappa shape index (κ3) is 6.36. The summed E-state index contributed by atoms with van der Waals surface area (Å²) in [5, 5.41) is 10.2. The van der Waals surface area contributed by atoms with Crippen molar-refractivity contribution in [1.82, 2.24) is 0 Å². The summed E-state index contributed by atoms with van der Waals surface area (Å²) in [5.74, 6) is -1.78. The molecular weight excluding hydrogens is 150 g/mol. The molecule has 0 spiro atoms. The molecule has 0 bridgehead atoms. The Balaban J connectivity index is 3.52. The zero-order valence-electron chi connectivity index (χ0n) is 5.69. The van der Waals surface area contributed by atoms with Crippen molar-refractivity contribution < 1.29 is 14.7 Å². The normalized spacial score (nSPS) is 9.82. The van der Waals surface area contributed by atoms with E-state index in [0.717, 1.165) is 0 Å². The molecule has 0 aromatic heterocycles. The van der Waals surface area contributed by atoms with Crippen LogP contribution in [0.2, 0.25) is 0 Å². The van der Waals surface area contributed by atoms with E-state index in [4.69, 9.17) is 5.11 Å². The van der Waals surface area contributed by atoms with E-state index in [1.165, 1.54) is 12.2 Å². The highest BCUT2D eigenvalue weighted by atomic mass is 16.4. The lowest BCUT2D eigenvalue weighted by molar-refractivity contribution is -0.136. The summed E-state index contributed by atoms with van der Waals surface area (Å²) in [6.45, 7) is 0. The maximum atomic E-state index is 10.2. The van der Waals surface area contributed by atoms with Crippen molar-refractivity contribution in [2.45, 2.75) is 12.8 Å². The van der Waals surface area contributed by atoms with Gasteiger partial charge in [0.2, 0.25) is 0 Å². The van der Waals surface area contributed by atoms with Gasteiger partial charge in [-0.2, -0.15) is 0 Å². The first-order valence-electron chi connectivity index (χ1n) is 2.89. The van der Waals surface area contributed by atoms with Crippen LogP contribution in [0.3, 0.4) is 0 Å². The summed E-state index contributed by atoms with van der Waals surface area (Å²) in [5.41, 5.74) is 0. The molecule has 0 aliphatic rings. The minimum Gasteiger partial charge on any atom is -0.481 e. The molecule has 0 aliphatic heterocycles. The summed E-state index contributed by atoms with van der Waals surface area (Å²) < 4.78 is 0. The molecule has 60 valence electrons. The average Bonchev–Trinajstić information content (AvgIpc) is 1.97. The first-order valence-corrected chi connectivity index (χ1v) is 2.89. The Bertz CT molecular complexity index is 197. The molecule has 0 heterocycles. The van der Waals surface area contributed by atoms with Crippen LogP contribution in [0.4, 0.5) is 0 Å². The fourth-order valence-corrected chi connectivity index (χ4v) is 0.406. The average molecular weight is 157 g/mol. The third-order valence-corrected chi connectivity index (χ3v) is 0.853. The smallest absolute Gasteiger partial charge is 0.307 e. The maximum Gasteiger partial charge on any atom is 0.307 e. The van der Waals surface area contributed by atoms with Crippen LogP contribution in [-0.4, -0.2) is 17.0 Å². The van der Waals surface area contributed by atoms with Gasteiger partial charge >= 0.3 is 5.97 Å². The molecule has 0 rings (SSSR count). The highest BCUT2D eigenvalue weighted by Gasteiger charge is 1.95. The van der Waals surface area contributed by atoms with Gasteiger partial charge in [-0.15, -0.1) is 4.91 Å². The molecule has 0 saturated carbocycles. The monoisotopic (exact) mass is 157 g/mol. The van der Waals surface area contributed by atoms with Crippen LogP contribution in [0.5, 0.6) is 0 Å². The second kappa shape index (κ2) is 5.28. The Labute approximate surface area is 62.7 Å². The summed E-state index contributed by atoms with van der Waals surface area (Å²) in [6, 6.07) is 0. The molecule has 0 saturated heterocycles. The fourth-order valence-electron chi connectivity index (χ4n) is 0.406. The van der Waals surface area contributed by atoms with E-state index in [-0.39, 0.29) is 12.8 Å². The first kappa shape index (κ1) is 9.48. The SMILES string of the molecule is O=NC(=O)C/C=C/CC(=O)O. The number of aliphatic carboxylic acids is 1. The molecule has 0 radical (unpaired) electrons. The van der Waals surface area contributed by atoms with Gasteiger partial charge in [0.15, 0.2) is 0 Å². The molecular formula is C6H7NO4. The Morgan fingerprint density at radius 3 is 2.27 bits per heavy atom. The quantitative estimate of drug-likeness (QED) is 0.480. The van der Waals surface area contributed by atoms with Gasteiger partial charge in [0.25, 0.3) is 5.91 Å². The zero-order chi connectivity index (χ0) is 8.69. The molecule has 0 aromatic rings. The summed E-state index contributed by atoms with van der Waals surface area (Å²) in [6.07, 6.45) is 2.33. The van der Waals surface area contributed by atoms with Crippen LogP contribution in [0.25, 0.3) is 0 Å². The third-order valence-electron chi connectivity index (χ3n) is 0.853. The number of rotatable bonds is 4. The molecule has 0 atom stereocenters. The molecule has 1 N–H and O–H groups in total. The standard InChI is InChI=1S/C6H7NO4/c8-5(7-11)3-1-2-4-6(9)10/h1-2H,3-4H2,(H,9,10)/b2-1+. The van der Waals surface area contributed by atoms with Gasteiger partial charge in [-0.25, -0.2) is 0 Å². The van der Waals surface area contributed by atoms with Crippen molar-refractivity contribution in [2.24, 2.45) is 5.18 Å². The number of nitrogens with zero attached hydrogens (tertiary/aromatic N) is 1. The lowest BCUT2D eigenvalue weighted by atomic mass is 10.3. The predicted molar refractivity (Wildman–Crippen MR) is 36.8 cm³/mol. The van der Waals surface area contributed by atoms with Crippen LogP contribution >= 0.6 is 0 Å². The number of carbonyl (C=O) groups is 2. The van der Waals surface area contributed by atoms with Crippen LogP contribution in [-0.2, 0) is 9.59 Å². The van der Waals surface area contributed by atoms with Crippen LogP contribution in [0, 0.1) is 4.91 Å². The Hall–Kier alpha value is -1.52. The van der Waals surface area contributed by atoms with E-state index in [1.807, 2.05) is 0 Å². The summed E-state index contributed by atoms with van der Waals surface area (Å²) >= 11 is 0. The highest BCUT2D eigenvalue weighted by Crippen LogP contribution is 1.89. The van der Waals surface area contributed by atoms with Crippen molar-refractivity contribution in [3.05, 3.63) is 17.1 Å². The van der Waals surface area contributed by atoms with Crippen LogP contribution in [0.15, 0.2) is 17.3 Å². The Morgan fingerprint density at radius 2 is 1.82 bits per heavy atom. The van der Waals surface area contributed by atoms with Gasteiger partial charge in [-0.1, -0.05) is 12.2 Å². The van der Waals surface area contributed by atoms with Gasteiger partial charge in [0, 0.05) is 5.18 Å². The Kier molecular flexibility index (Phi) is 4.55. The fraction of sp³-hybridized carbons (Fsp3) is 0.333. The summed E-state index contributed by atoms with van der Waals surface area (Å²) in [4.78, 5) is 29.6. The van der Waals surface area contributed by atoms with Gasteiger partial charge in [0.05, 0.1) is 12.8 Å². The molecule has 0 fully saturated rings. The summed E-state index contributed by atoms with van der Waals surface area (Å²) in [7, 11) is 0. The number of carboxylic acid groups (broad SMARTS) is 1. The number of hydrogen-bond donors (Lipinski definition) is 1. The number of hydrogen-bond acceptors (Lipinski definition) is 3. The minimum absolute atomic E-state index is 0.128. The van der Waals surface area contributed by atoms with Crippen molar-refractivity contribution >= 4 is 11.9 Å². The Morgan fingerprint density at radius 1 is 1.27 bits per heavy atom. The molecule has 5 heteroatoms. The van der Waals surface area contributed by atoms with E-state index < -0.39 is 11.9 Å². The van der Waals surface area contributed by atoms with Crippen LogP contribution < -0.4 is 0 Å². The van der Waals surface area contributed by atoms with Crippen molar-refractivity contribution in [1.29, 1.82) is 0 Å². The van der Waals surface area contributed by atoms with Gasteiger partial charge < -0.3 is 5.11 Å². The predicted octanol–water partition coefficient (Wildman–Crippen LogP) is 0.700. The van der Waals surface area contributed by atoms with Crippen LogP contribution in [0.1, 0.15) is 12.8 Å². The minimum atomic E-state index is -0.979. The van der Waals surface area contributed by atoms with Gasteiger partial charge in [-0.3, -0.25) is 9.59 Å². The van der Waals surface area contributed by atoms with E-state index in [2.05, 4.69) is 5.18 Å². The van der Waals surface area contributed by atoms with Crippen molar-refractivity contribution in [2.75, 3.05) is 0 Å². The lowest BCUT2D eigenvalue weighted by Gasteiger charge is -1.82. The number of carboxylic acids is 1. The van der Waals surface area contributed by atoms with Crippen molar-refractivity contribution in [3.63, 3.8) is 0 Å². The second-order valence-corrected chi connectivity index (χ2v) is 1.76. The molecule has 0 unspecified atom stereocenters. The molecule has 11 heavy (non-hydrogen) atoms. The highest BCUT2D eigenvalue weighted by molar-refractivity contribution is 5.78. The van der Waals surface area contributed by atoms with Gasteiger partial charge in [0.1, 0.15) is 0 Å². The maximum absolute atomic E-state index is 10.2. The van der Waals surface area contributed by atoms with E-state index in [1.54, 1.807) is 0 Å². The lowest BCUT2D eigenvalue weighted by Crippen LogP contribution is -1.91.